The first kappa shape index (κ1) is 11.8. The number of hydrogen-bond acceptors (Lipinski definition) is 3. The lowest BCUT2D eigenvalue weighted by atomic mass is 10.3. The van der Waals surface area contributed by atoms with Crippen molar-refractivity contribution in [2.75, 3.05) is 0 Å². The summed E-state index contributed by atoms with van der Waals surface area (Å²) in [6, 6.07) is 1.42. The summed E-state index contributed by atoms with van der Waals surface area (Å²) in [6.07, 6.45) is -1.90. The first-order valence-corrected chi connectivity index (χ1v) is 4.88. The van der Waals surface area contributed by atoms with Gasteiger partial charge in [0.25, 0.3) is 0 Å². The van der Waals surface area contributed by atoms with Gasteiger partial charge in [0.1, 0.15) is 0 Å². The molecule has 0 aliphatic rings. The number of nitrogens with zero attached hydrogens (tertiary/aromatic N) is 4. The molecule has 0 radical (unpaired) electrons. The smallest absolute Gasteiger partial charge is 0.226 e. The lowest BCUT2D eigenvalue weighted by molar-refractivity contribution is -0.141. The average Bonchev–Trinajstić information content (AvgIpc) is 2.60. The van der Waals surface area contributed by atoms with Crippen molar-refractivity contribution in [3.8, 4) is 5.82 Å². The summed E-state index contributed by atoms with van der Waals surface area (Å²) in [5, 5.41) is 3.38. The summed E-state index contributed by atoms with van der Waals surface area (Å²) in [5.74, 6) is 0.184. The third-order valence-corrected chi connectivity index (χ3v) is 2.19. The average molecular weight is 263 g/mol. The van der Waals surface area contributed by atoms with Crippen LogP contribution in [0, 0.1) is 6.92 Å². The van der Waals surface area contributed by atoms with Gasteiger partial charge in [0, 0.05) is 24.0 Å². The predicted molar refractivity (Wildman–Crippen MR) is 53.9 cm³/mol. The van der Waals surface area contributed by atoms with E-state index in [2.05, 4.69) is 15.1 Å². The highest BCUT2D eigenvalue weighted by Gasteiger charge is 2.36. The van der Waals surface area contributed by atoms with E-state index in [9.17, 15) is 13.2 Å². The topological polar surface area (TPSA) is 43.6 Å². The lowest BCUT2D eigenvalue weighted by Gasteiger charge is -2.02. The maximum absolute atomic E-state index is 12.5. The number of aryl methyl sites for hydroxylation is 1. The number of rotatable bonds is 1. The molecule has 0 saturated heterocycles. The summed E-state index contributed by atoms with van der Waals surface area (Å²) >= 11 is 5.55. The van der Waals surface area contributed by atoms with E-state index < -0.39 is 11.9 Å². The van der Waals surface area contributed by atoms with Crippen molar-refractivity contribution in [2.45, 2.75) is 13.1 Å². The molecule has 0 bridgehead atoms. The Balaban J connectivity index is 2.49. The third-order valence-electron chi connectivity index (χ3n) is 2.01. The standard InChI is InChI=1S/C9H6ClF3N4/c1-5-4-17(16-7(5)9(11,12)13)6-2-3-14-8(10)15-6/h2-4H,1H3. The van der Waals surface area contributed by atoms with Crippen molar-refractivity contribution in [3.63, 3.8) is 0 Å². The number of aromatic nitrogens is 4. The van der Waals surface area contributed by atoms with Gasteiger partial charge in [-0.05, 0) is 18.5 Å². The zero-order valence-electron chi connectivity index (χ0n) is 8.53. The minimum Gasteiger partial charge on any atom is -0.226 e. The molecule has 90 valence electrons. The van der Waals surface area contributed by atoms with Crippen LogP contribution in [0.4, 0.5) is 13.2 Å². The van der Waals surface area contributed by atoms with Crippen LogP contribution in [-0.4, -0.2) is 19.7 Å². The highest BCUT2D eigenvalue weighted by Crippen LogP contribution is 2.30. The number of alkyl halides is 3. The molecule has 0 N–H and O–H groups in total. The third kappa shape index (κ3) is 2.38. The quantitative estimate of drug-likeness (QED) is 0.742. The van der Waals surface area contributed by atoms with Crippen LogP contribution in [0.25, 0.3) is 5.82 Å². The van der Waals surface area contributed by atoms with Crippen molar-refractivity contribution in [1.29, 1.82) is 0 Å². The molecule has 4 nitrogen and oxygen atoms in total. The van der Waals surface area contributed by atoms with Gasteiger partial charge in [-0.15, -0.1) is 0 Å². The second kappa shape index (κ2) is 3.99. The summed E-state index contributed by atoms with van der Waals surface area (Å²) in [5.41, 5.74) is -0.917. The van der Waals surface area contributed by atoms with E-state index in [4.69, 9.17) is 11.6 Å². The van der Waals surface area contributed by atoms with Crippen LogP contribution < -0.4 is 0 Å². The van der Waals surface area contributed by atoms with Crippen molar-refractivity contribution in [3.05, 3.63) is 35.0 Å². The van der Waals surface area contributed by atoms with Crippen LogP contribution in [0.15, 0.2) is 18.5 Å². The number of hydrogen-bond donors (Lipinski definition) is 0. The zero-order valence-corrected chi connectivity index (χ0v) is 9.29. The molecule has 2 rings (SSSR count). The van der Waals surface area contributed by atoms with Crippen molar-refractivity contribution >= 4 is 11.6 Å². The summed E-state index contributed by atoms with van der Waals surface area (Å²) in [6.45, 7) is 1.33. The van der Waals surface area contributed by atoms with Gasteiger partial charge in [-0.1, -0.05) is 0 Å². The zero-order chi connectivity index (χ0) is 12.6. The van der Waals surface area contributed by atoms with E-state index in [0.29, 0.717) is 0 Å². The van der Waals surface area contributed by atoms with Crippen LogP contribution in [0.5, 0.6) is 0 Å². The Hall–Kier alpha value is -1.63. The minimum absolute atomic E-state index is 0.0206. The highest BCUT2D eigenvalue weighted by atomic mass is 35.5. The minimum atomic E-state index is -4.48. The Morgan fingerprint density at radius 2 is 2.06 bits per heavy atom. The molecule has 0 fully saturated rings. The number of halogens is 4. The Bertz CT molecular complexity index is 549. The molecule has 17 heavy (non-hydrogen) atoms. The summed E-state index contributed by atoms with van der Waals surface area (Å²) in [4.78, 5) is 7.40. The summed E-state index contributed by atoms with van der Waals surface area (Å²) < 4.78 is 38.6. The molecule has 0 aliphatic heterocycles. The van der Waals surface area contributed by atoms with Crippen LogP contribution in [0.3, 0.4) is 0 Å². The van der Waals surface area contributed by atoms with E-state index in [1.165, 1.54) is 25.4 Å². The molecule has 0 saturated carbocycles. The van der Waals surface area contributed by atoms with Crippen LogP contribution >= 0.6 is 11.6 Å². The van der Waals surface area contributed by atoms with Gasteiger partial charge in [-0.2, -0.15) is 23.3 Å². The predicted octanol–water partition coefficient (Wildman–Crippen LogP) is 2.64. The van der Waals surface area contributed by atoms with Gasteiger partial charge in [0.05, 0.1) is 0 Å². The molecule has 2 heterocycles. The monoisotopic (exact) mass is 262 g/mol. The van der Waals surface area contributed by atoms with Crippen LogP contribution in [-0.2, 0) is 6.18 Å². The largest absolute Gasteiger partial charge is 0.435 e. The fraction of sp³-hybridized carbons (Fsp3) is 0.222. The van der Waals surface area contributed by atoms with Crippen molar-refractivity contribution < 1.29 is 13.2 Å². The molecule has 0 unspecified atom stereocenters. The van der Waals surface area contributed by atoms with Crippen molar-refractivity contribution in [2.24, 2.45) is 0 Å². The molecular formula is C9H6ClF3N4. The van der Waals surface area contributed by atoms with E-state index in [0.717, 1.165) is 4.68 Å². The molecule has 0 amide bonds. The molecule has 2 aromatic heterocycles. The Morgan fingerprint density at radius 3 is 2.59 bits per heavy atom. The highest BCUT2D eigenvalue weighted by molar-refractivity contribution is 6.28. The second-order valence-corrected chi connectivity index (χ2v) is 3.62. The Labute approximate surface area is 99.1 Å². The molecule has 0 atom stereocenters. The van der Waals surface area contributed by atoms with E-state index in [1.807, 2.05) is 0 Å². The van der Waals surface area contributed by atoms with Gasteiger partial charge < -0.3 is 0 Å². The van der Waals surface area contributed by atoms with Crippen LogP contribution in [0.1, 0.15) is 11.3 Å². The fourth-order valence-electron chi connectivity index (χ4n) is 1.31. The first-order valence-electron chi connectivity index (χ1n) is 4.50. The van der Waals surface area contributed by atoms with Gasteiger partial charge in [0.15, 0.2) is 11.5 Å². The van der Waals surface area contributed by atoms with E-state index in [1.54, 1.807) is 0 Å². The molecular weight excluding hydrogens is 257 g/mol. The van der Waals surface area contributed by atoms with Crippen molar-refractivity contribution in [1.82, 2.24) is 19.7 Å². The fourth-order valence-corrected chi connectivity index (χ4v) is 1.45. The molecule has 0 aromatic carbocycles. The van der Waals surface area contributed by atoms with Gasteiger partial charge in [0.2, 0.25) is 5.28 Å². The van der Waals surface area contributed by atoms with E-state index in [-0.39, 0.29) is 16.7 Å². The molecule has 2 aromatic rings. The molecule has 0 spiro atoms. The molecule has 0 aliphatic carbocycles. The Kier molecular flexibility index (Phi) is 2.78. The van der Waals surface area contributed by atoms with Crippen LogP contribution in [0.2, 0.25) is 5.28 Å². The van der Waals surface area contributed by atoms with Gasteiger partial charge in [-0.3, -0.25) is 0 Å². The van der Waals surface area contributed by atoms with Gasteiger partial charge >= 0.3 is 6.18 Å². The summed E-state index contributed by atoms with van der Waals surface area (Å²) in [7, 11) is 0. The SMILES string of the molecule is Cc1cn(-c2ccnc(Cl)n2)nc1C(F)(F)F. The van der Waals surface area contributed by atoms with E-state index >= 15 is 0 Å². The maximum atomic E-state index is 12.5. The second-order valence-electron chi connectivity index (χ2n) is 3.29. The lowest BCUT2D eigenvalue weighted by Crippen LogP contribution is -2.09. The normalized spacial score (nSPS) is 11.8. The first-order chi connectivity index (χ1) is 7.88. The molecule has 8 heteroatoms. The Morgan fingerprint density at radius 1 is 1.35 bits per heavy atom. The maximum Gasteiger partial charge on any atom is 0.435 e. The van der Waals surface area contributed by atoms with Gasteiger partial charge in [-0.25, -0.2) is 9.67 Å².